The van der Waals surface area contributed by atoms with E-state index >= 15 is 0 Å². The molecule has 9 heteroatoms. The Balaban J connectivity index is 1.53. The number of piperazine rings is 1. The molecule has 0 radical (unpaired) electrons. The summed E-state index contributed by atoms with van der Waals surface area (Å²) in [6.45, 7) is 2.67. The van der Waals surface area contributed by atoms with Crippen LogP contribution in [-0.2, 0) is 14.8 Å². The molecule has 1 aliphatic rings. The van der Waals surface area contributed by atoms with E-state index in [9.17, 15) is 18.0 Å². The summed E-state index contributed by atoms with van der Waals surface area (Å²) in [7, 11) is -3.61. The topological polar surface area (TPSA) is 99.7 Å². The summed E-state index contributed by atoms with van der Waals surface area (Å²) >= 11 is 0. The van der Waals surface area contributed by atoms with Gasteiger partial charge in [0, 0.05) is 44.1 Å². The number of carbonyl (C=O) groups excluding carboxylic acids is 2. The molecule has 1 aromatic heterocycles. The van der Waals surface area contributed by atoms with Gasteiger partial charge in [0.15, 0.2) is 0 Å². The number of aryl methyl sites for hydroxylation is 1. The molecule has 0 saturated carbocycles. The second-order valence-electron chi connectivity index (χ2n) is 6.47. The van der Waals surface area contributed by atoms with E-state index in [2.05, 4.69) is 10.3 Å². The van der Waals surface area contributed by atoms with E-state index in [-0.39, 0.29) is 49.4 Å². The highest BCUT2D eigenvalue weighted by Gasteiger charge is 2.30. The SMILES string of the molecule is Cc1ccccc1C(=O)NCC(=O)N1CCN(S(=O)(=O)c2cccnc2)CC1. The van der Waals surface area contributed by atoms with Crippen LogP contribution in [0.4, 0.5) is 0 Å². The van der Waals surface area contributed by atoms with Gasteiger partial charge >= 0.3 is 0 Å². The van der Waals surface area contributed by atoms with Crippen molar-refractivity contribution >= 4 is 21.8 Å². The zero-order valence-corrected chi connectivity index (χ0v) is 16.4. The van der Waals surface area contributed by atoms with Crippen LogP contribution in [0, 0.1) is 6.92 Å². The molecule has 2 amide bonds. The Hall–Kier alpha value is -2.78. The quantitative estimate of drug-likeness (QED) is 0.792. The number of aromatic nitrogens is 1. The first-order valence-corrected chi connectivity index (χ1v) is 10.4. The van der Waals surface area contributed by atoms with Gasteiger partial charge in [0.2, 0.25) is 15.9 Å². The Morgan fingerprint density at radius 3 is 2.43 bits per heavy atom. The maximum Gasteiger partial charge on any atom is 0.251 e. The van der Waals surface area contributed by atoms with Crippen molar-refractivity contribution < 1.29 is 18.0 Å². The first-order chi connectivity index (χ1) is 13.4. The van der Waals surface area contributed by atoms with E-state index in [0.29, 0.717) is 5.56 Å². The molecule has 8 nitrogen and oxygen atoms in total. The van der Waals surface area contributed by atoms with Crippen LogP contribution in [-0.4, -0.2) is 67.1 Å². The number of nitrogens with one attached hydrogen (secondary N) is 1. The van der Waals surface area contributed by atoms with Crippen LogP contribution in [0.2, 0.25) is 0 Å². The highest BCUT2D eigenvalue weighted by atomic mass is 32.2. The average molecular weight is 402 g/mol. The lowest BCUT2D eigenvalue weighted by molar-refractivity contribution is -0.131. The second kappa shape index (κ2) is 8.49. The van der Waals surface area contributed by atoms with Crippen LogP contribution in [0.15, 0.2) is 53.7 Å². The molecule has 1 aliphatic heterocycles. The molecule has 1 fully saturated rings. The van der Waals surface area contributed by atoms with Crippen LogP contribution >= 0.6 is 0 Å². The minimum absolute atomic E-state index is 0.122. The van der Waals surface area contributed by atoms with Crippen molar-refractivity contribution in [3.8, 4) is 0 Å². The summed E-state index contributed by atoms with van der Waals surface area (Å²) in [4.78, 5) is 30.1. The molecule has 0 unspecified atom stereocenters. The molecule has 0 aliphatic carbocycles. The molecule has 0 spiro atoms. The van der Waals surface area contributed by atoms with Crippen LogP contribution in [0.5, 0.6) is 0 Å². The van der Waals surface area contributed by atoms with Gasteiger partial charge in [0.1, 0.15) is 4.90 Å². The molecule has 1 N–H and O–H groups in total. The van der Waals surface area contributed by atoms with E-state index in [1.165, 1.54) is 22.8 Å². The number of amides is 2. The van der Waals surface area contributed by atoms with Gasteiger partial charge in [-0.1, -0.05) is 18.2 Å². The van der Waals surface area contributed by atoms with Crippen molar-refractivity contribution in [1.29, 1.82) is 0 Å². The molecular formula is C19H22N4O4S. The third-order valence-electron chi connectivity index (χ3n) is 4.65. The number of pyridine rings is 1. The maximum atomic E-state index is 12.6. The minimum Gasteiger partial charge on any atom is -0.343 e. The van der Waals surface area contributed by atoms with Crippen molar-refractivity contribution in [2.75, 3.05) is 32.7 Å². The maximum absolute atomic E-state index is 12.6. The van der Waals surface area contributed by atoms with Crippen molar-refractivity contribution in [2.24, 2.45) is 0 Å². The predicted octanol–water partition coefficient (Wildman–Crippen LogP) is 0.653. The number of carbonyl (C=O) groups is 2. The lowest BCUT2D eigenvalue weighted by Crippen LogP contribution is -2.52. The molecule has 0 bridgehead atoms. The van der Waals surface area contributed by atoms with Crippen LogP contribution in [0.25, 0.3) is 0 Å². The van der Waals surface area contributed by atoms with Gasteiger partial charge < -0.3 is 10.2 Å². The highest BCUT2D eigenvalue weighted by molar-refractivity contribution is 7.89. The summed E-state index contributed by atoms with van der Waals surface area (Å²) in [6, 6.07) is 10.2. The molecule has 2 heterocycles. The minimum atomic E-state index is -3.61. The van der Waals surface area contributed by atoms with Crippen LogP contribution in [0.3, 0.4) is 0 Å². The number of sulfonamides is 1. The Morgan fingerprint density at radius 1 is 1.07 bits per heavy atom. The van der Waals surface area contributed by atoms with E-state index in [1.54, 1.807) is 23.1 Å². The van der Waals surface area contributed by atoms with Crippen molar-refractivity contribution in [3.63, 3.8) is 0 Å². The molecule has 1 saturated heterocycles. The van der Waals surface area contributed by atoms with Gasteiger partial charge in [-0.05, 0) is 30.7 Å². The Bertz CT molecular complexity index is 955. The fourth-order valence-corrected chi connectivity index (χ4v) is 4.40. The average Bonchev–Trinajstić information content (AvgIpc) is 2.73. The summed E-state index contributed by atoms with van der Waals surface area (Å²) < 4.78 is 26.5. The van der Waals surface area contributed by atoms with Gasteiger partial charge in [-0.25, -0.2) is 8.42 Å². The van der Waals surface area contributed by atoms with Crippen LogP contribution < -0.4 is 5.32 Å². The Kier molecular flexibility index (Phi) is 6.05. The zero-order valence-electron chi connectivity index (χ0n) is 15.5. The Morgan fingerprint density at radius 2 is 1.79 bits per heavy atom. The third kappa shape index (κ3) is 4.37. The smallest absolute Gasteiger partial charge is 0.251 e. The Labute approximate surface area is 164 Å². The van der Waals surface area contributed by atoms with Gasteiger partial charge in [-0.15, -0.1) is 0 Å². The monoisotopic (exact) mass is 402 g/mol. The molecule has 148 valence electrons. The number of benzene rings is 1. The van der Waals surface area contributed by atoms with E-state index < -0.39 is 10.0 Å². The van der Waals surface area contributed by atoms with E-state index in [1.807, 2.05) is 19.1 Å². The fourth-order valence-electron chi connectivity index (χ4n) is 3.02. The number of hydrogen-bond acceptors (Lipinski definition) is 5. The number of hydrogen-bond donors (Lipinski definition) is 1. The van der Waals surface area contributed by atoms with Gasteiger partial charge in [0.05, 0.1) is 6.54 Å². The van der Waals surface area contributed by atoms with Crippen LogP contribution in [0.1, 0.15) is 15.9 Å². The first-order valence-electron chi connectivity index (χ1n) is 8.91. The number of rotatable bonds is 5. The van der Waals surface area contributed by atoms with Gasteiger partial charge in [0.25, 0.3) is 5.91 Å². The molecular weight excluding hydrogens is 380 g/mol. The van der Waals surface area contributed by atoms with Gasteiger partial charge in [-0.3, -0.25) is 14.6 Å². The predicted molar refractivity (Wildman–Crippen MR) is 103 cm³/mol. The fraction of sp³-hybridized carbons (Fsp3) is 0.316. The lowest BCUT2D eigenvalue weighted by Gasteiger charge is -2.34. The molecule has 1 aromatic carbocycles. The molecule has 2 aromatic rings. The third-order valence-corrected chi connectivity index (χ3v) is 6.54. The van der Waals surface area contributed by atoms with Crippen molar-refractivity contribution in [3.05, 3.63) is 59.9 Å². The van der Waals surface area contributed by atoms with Gasteiger partial charge in [-0.2, -0.15) is 4.31 Å². The normalized spacial score (nSPS) is 15.2. The summed E-state index contributed by atoms with van der Waals surface area (Å²) in [6.07, 6.45) is 2.83. The zero-order chi connectivity index (χ0) is 20.1. The second-order valence-corrected chi connectivity index (χ2v) is 8.41. The van der Waals surface area contributed by atoms with Crippen molar-refractivity contribution in [2.45, 2.75) is 11.8 Å². The van der Waals surface area contributed by atoms with Crippen molar-refractivity contribution in [1.82, 2.24) is 19.5 Å². The first kappa shape index (κ1) is 20.0. The lowest BCUT2D eigenvalue weighted by atomic mass is 10.1. The standard InChI is InChI=1S/C19H22N4O4S/c1-15-5-2-3-7-17(15)19(25)21-14-18(24)22-9-11-23(12-10-22)28(26,27)16-6-4-8-20-13-16/h2-8,13H,9-12,14H2,1H3,(H,21,25). The van der Waals surface area contributed by atoms with E-state index in [4.69, 9.17) is 0 Å². The number of nitrogens with zero attached hydrogens (tertiary/aromatic N) is 3. The largest absolute Gasteiger partial charge is 0.343 e. The molecule has 3 rings (SSSR count). The summed E-state index contributed by atoms with van der Waals surface area (Å²) in [5.41, 5.74) is 1.37. The molecule has 28 heavy (non-hydrogen) atoms. The van der Waals surface area contributed by atoms with E-state index in [0.717, 1.165) is 5.56 Å². The molecule has 0 atom stereocenters. The summed E-state index contributed by atoms with van der Waals surface area (Å²) in [5.74, 6) is -0.537. The summed E-state index contributed by atoms with van der Waals surface area (Å²) in [5, 5.41) is 2.63. The highest BCUT2D eigenvalue weighted by Crippen LogP contribution is 2.16.